The predicted molar refractivity (Wildman–Crippen MR) is 136 cm³/mol. The van der Waals surface area contributed by atoms with Crippen LogP contribution in [0.15, 0.2) is 97.8 Å². The number of halogens is 3. The van der Waals surface area contributed by atoms with Crippen molar-refractivity contribution in [2.75, 3.05) is 7.11 Å². The Labute approximate surface area is 214 Å². The number of ether oxygens (including phenoxy) is 1. The molecule has 0 aliphatic rings. The largest absolute Gasteiger partial charge is 0.496 e. The summed E-state index contributed by atoms with van der Waals surface area (Å²) in [6.07, 6.45) is 5.90. The van der Waals surface area contributed by atoms with E-state index in [1.807, 2.05) is 34.7 Å². The first-order valence-corrected chi connectivity index (χ1v) is 11.6. The van der Waals surface area contributed by atoms with E-state index in [9.17, 15) is 13.2 Å². The Bertz CT molecular complexity index is 1760. The van der Waals surface area contributed by atoms with Gasteiger partial charge in [-0.1, -0.05) is 24.3 Å². The van der Waals surface area contributed by atoms with Crippen LogP contribution in [-0.2, 0) is 6.18 Å². The molecule has 6 aromatic rings. The third kappa shape index (κ3) is 4.15. The molecule has 0 aliphatic heterocycles. The molecular weight excluding hydrogens is 493 g/mol. The number of alkyl halides is 3. The summed E-state index contributed by atoms with van der Waals surface area (Å²) in [5, 5.41) is 4.69. The van der Waals surface area contributed by atoms with Gasteiger partial charge in [0.15, 0.2) is 11.5 Å². The summed E-state index contributed by atoms with van der Waals surface area (Å²) in [4.78, 5) is 13.4. The first-order chi connectivity index (χ1) is 18.4. The van der Waals surface area contributed by atoms with E-state index in [4.69, 9.17) is 9.72 Å². The van der Waals surface area contributed by atoms with Gasteiger partial charge < -0.3 is 9.14 Å². The predicted octanol–water partition coefficient (Wildman–Crippen LogP) is 6.34. The minimum Gasteiger partial charge on any atom is -0.496 e. The molecule has 0 unspecified atom stereocenters. The van der Waals surface area contributed by atoms with Crippen LogP contribution in [0.3, 0.4) is 0 Å². The van der Waals surface area contributed by atoms with E-state index >= 15 is 0 Å². The number of hydrogen-bond donors (Lipinski definition) is 0. The van der Waals surface area contributed by atoms with Crippen molar-refractivity contribution in [3.05, 3.63) is 103 Å². The fourth-order valence-corrected chi connectivity index (χ4v) is 4.35. The highest BCUT2D eigenvalue weighted by Gasteiger charge is 2.31. The Hall–Kier alpha value is -4.99. The van der Waals surface area contributed by atoms with Gasteiger partial charge >= 0.3 is 6.18 Å². The van der Waals surface area contributed by atoms with Gasteiger partial charge in [0.1, 0.15) is 5.75 Å². The van der Waals surface area contributed by atoms with Crippen molar-refractivity contribution in [2.24, 2.45) is 0 Å². The zero-order chi connectivity index (χ0) is 26.3. The first-order valence-electron chi connectivity index (χ1n) is 11.6. The highest BCUT2D eigenvalue weighted by atomic mass is 19.4. The lowest BCUT2D eigenvalue weighted by Gasteiger charge is -2.16. The van der Waals surface area contributed by atoms with Crippen LogP contribution in [0.2, 0.25) is 0 Å². The topological polar surface area (TPSA) is 70.1 Å². The summed E-state index contributed by atoms with van der Waals surface area (Å²) < 4.78 is 49.6. The SMILES string of the molecule is COc1ccc(C(F)(F)F)cc1-c1ccccc1-c1cn2ccnc2c(-n2ccc(-c3ccncc3)n2)n1. The minimum absolute atomic E-state index is 0.311. The summed E-state index contributed by atoms with van der Waals surface area (Å²) in [5.41, 5.74) is 3.46. The van der Waals surface area contributed by atoms with E-state index in [1.54, 1.807) is 54.0 Å². The van der Waals surface area contributed by atoms with Crippen LogP contribution in [0, 0.1) is 0 Å². The number of nitrogens with zero attached hydrogens (tertiary/aromatic N) is 6. The molecule has 0 saturated carbocycles. The molecule has 0 fully saturated rings. The number of benzene rings is 2. The van der Waals surface area contributed by atoms with Crippen molar-refractivity contribution >= 4 is 5.65 Å². The normalized spacial score (nSPS) is 11.7. The molecule has 7 nitrogen and oxygen atoms in total. The van der Waals surface area contributed by atoms with E-state index in [2.05, 4.69) is 15.1 Å². The second kappa shape index (κ2) is 9.15. The van der Waals surface area contributed by atoms with Crippen LogP contribution in [0.5, 0.6) is 5.75 Å². The van der Waals surface area contributed by atoms with Crippen LogP contribution in [0.4, 0.5) is 13.2 Å². The average Bonchev–Trinajstić information content (AvgIpc) is 3.62. The zero-order valence-corrected chi connectivity index (χ0v) is 20.0. The second-order valence-electron chi connectivity index (χ2n) is 8.45. The van der Waals surface area contributed by atoms with E-state index < -0.39 is 11.7 Å². The third-order valence-corrected chi connectivity index (χ3v) is 6.16. The smallest absolute Gasteiger partial charge is 0.416 e. The Morgan fingerprint density at radius 3 is 2.37 bits per heavy atom. The van der Waals surface area contributed by atoms with Gasteiger partial charge in [0.2, 0.25) is 0 Å². The highest BCUT2D eigenvalue weighted by molar-refractivity contribution is 5.85. The van der Waals surface area contributed by atoms with Crippen LogP contribution in [-0.4, -0.2) is 36.2 Å². The number of aromatic nitrogens is 6. The Balaban J connectivity index is 1.53. The van der Waals surface area contributed by atoms with Gasteiger partial charge in [-0.15, -0.1) is 0 Å². The lowest BCUT2D eigenvalue weighted by atomic mass is 9.95. The van der Waals surface area contributed by atoms with Crippen LogP contribution < -0.4 is 4.74 Å². The van der Waals surface area contributed by atoms with E-state index in [1.165, 1.54) is 13.2 Å². The molecule has 0 spiro atoms. The van der Waals surface area contributed by atoms with Crippen LogP contribution >= 0.6 is 0 Å². The fourth-order valence-electron chi connectivity index (χ4n) is 4.35. The lowest BCUT2D eigenvalue weighted by molar-refractivity contribution is -0.137. The maximum Gasteiger partial charge on any atom is 0.416 e. The molecule has 0 saturated heterocycles. The molecule has 188 valence electrons. The molecule has 0 amide bonds. The van der Waals surface area contributed by atoms with Gasteiger partial charge in [0.05, 0.1) is 24.1 Å². The molecule has 4 heterocycles. The number of rotatable bonds is 5. The van der Waals surface area contributed by atoms with E-state index in [0.29, 0.717) is 39.6 Å². The molecule has 38 heavy (non-hydrogen) atoms. The lowest BCUT2D eigenvalue weighted by Crippen LogP contribution is -2.06. The quantitative estimate of drug-likeness (QED) is 0.270. The summed E-state index contributed by atoms with van der Waals surface area (Å²) >= 11 is 0. The number of pyridine rings is 1. The first kappa shape index (κ1) is 23.4. The Kier molecular flexibility index (Phi) is 5.64. The number of hydrogen-bond acceptors (Lipinski definition) is 5. The van der Waals surface area contributed by atoms with Crippen LogP contribution in [0.25, 0.3) is 45.1 Å². The standard InChI is InChI=1S/C28H19F3N6O/c1-38-25-7-6-19(28(29,30)31)16-22(25)20-4-2-3-5-21(20)24-17-36-15-13-33-26(36)27(34-24)37-14-10-23(35-37)18-8-11-32-12-9-18/h2-17H,1H3. The average molecular weight is 512 g/mol. The van der Waals surface area contributed by atoms with Crippen molar-refractivity contribution in [1.82, 2.24) is 29.1 Å². The van der Waals surface area contributed by atoms with E-state index in [0.717, 1.165) is 23.4 Å². The summed E-state index contributed by atoms with van der Waals surface area (Å²) in [7, 11) is 1.43. The Morgan fingerprint density at radius 1 is 0.816 bits per heavy atom. The van der Waals surface area contributed by atoms with Gasteiger partial charge in [-0.2, -0.15) is 18.3 Å². The molecule has 4 aromatic heterocycles. The van der Waals surface area contributed by atoms with Crippen molar-refractivity contribution < 1.29 is 17.9 Å². The molecule has 10 heteroatoms. The monoisotopic (exact) mass is 512 g/mol. The Morgan fingerprint density at radius 2 is 1.61 bits per heavy atom. The van der Waals surface area contributed by atoms with Gasteiger partial charge in [-0.3, -0.25) is 4.98 Å². The maximum atomic E-state index is 13.6. The molecule has 6 rings (SSSR count). The summed E-state index contributed by atoms with van der Waals surface area (Å²) in [6.45, 7) is 0. The van der Waals surface area contributed by atoms with Crippen molar-refractivity contribution in [3.8, 4) is 45.2 Å². The van der Waals surface area contributed by atoms with Crippen LogP contribution in [0.1, 0.15) is 5.56 Å². The molecule has 0 radical (unpaired) electrons. The van der Waals surface area contributed by atoms with Gasteiger partial charge in [0.25, 0.3) is 0 Å². The van der Waals surface area contributed by atoms with Gasteiger partial charge in [-0.25, -0.2) is 14.6 Å². The highest BCUT2D eigenvalue weighted by Crippen LogP contribution is 2.40. The number of imidazole rings is 1. The molecule has 0 aliphatic carbocycles. The summed E-state index contributed by atoms with van der Waals surface area (Å²) in [5.74, 6) is 0.794. The molecular formula is C28H19F3N6O. The van der Waals surface area contributed by atoms with Gasteiger partial charge in [0, 0.05) is 53.9 Å². The number of fused-ring (bicyclic) bond motifs is 1. The minimum atomic E-state index is -4.50. The van der Waals surface area contributed by atoms with Gasteiger partial charge in [-0.05, 0) is 42.0 Å². The molecule has 2 aromatic carbocycles. The zero-order valence-electron chi connectivity index (χ0n) is 20.0. The molecule has 0 atom stereocenters. The number of methoxy groups -OCH3 is 1. The van der Waals surface area contributed by atoms with E-state index in [-0.39, 0.29) is 0 Å². The van der Waals surface area contributed by atoms with Crippen molar-refractivity contribution in [3.63, 3.8) is 0 Å². The van der Waals surface area contributed by atoms with Crippen molar-refractivity contribution in [2.45, 2.75) is 6.18 Å². The third-order valence-electron chi connectivity index (χ3n) is 6.16. The molecule has 0 bridgehead atoms. The molecule has 0 N–H and O–H groups in total. The maximum absolute atomic E-state index is 13.6. The fraction of sp³-hybridized carbons (Fsp3) is 0.0714. The second-order valence-corrected chi connectivity index (χ2v) is 8.45. The van der Waals surface area contributed by atoms with Crippen molar-refractivity contribution in [1.29, 1.82) is 0 Å². The summed E-state index contributed by atoms with van der Waals surface area (Å²) in [6, 6.07) is 16.2.